The molecule has 29 heavy (non-hydrogen) atoms. The smallest absolute Gasteiger partial charge is 0.323 e. The number of rotatable bonds is 4. The summed E-state index contributed by atoms with van der Waals surface area (Å²) in [5.74, 6) is 0.565. The zero-order chi connectivity index (χ0) is 20.4. The van der Waals surface area contributed by atoms with Crippen molar-refractivity contribution >= 4 is 40.6 Å². The number of carbonyl (C=O) groups excluding carboxylic acids is 2. The topological polar surface area (TPSA) is 83.8 Å². The molecule has 0 aliphatic carbocycles. The largest absolute Gasteiger partial charge is 0.495 e. The van der Waals surface area contributed by atoms with E-state index in [4.69, 9.17) is 20.8 Å². The molecular weight excluding hydrogens is 394 g/mol. The first-order chi connectivity index (χ1) is 14.0. The summed E-state index contributed by atoms with van der Waals surface area (Å²) in [6.45, 7) is 0.560. The number of nitrogens with zero attached hydrogens (tertiary/aromatic N) is 1. The van der Waals surface area contributed by atoms with Crippen LogP contribution in [0.5, 0.6) is 5.75 Å². The average molecular weight is 412 g/mol. The Labute approximate surface area is 172 Å². The molecule has 148 valence electrons. The highest BCUT2D eigenvalue weighted by molar-refractivity contribution is 6.31. The lowest BCUT2D eigenvalue weighted by molar-refractivity contribution is 0.0963. The molecule has 4 rings (SSSR count). The minimum Gasteiger partial charge on any atom is -0.495 e. The maximum Gasteiger partial charge on any atom is 0.323 e. The van der Waals surface area contributed by atoms with Gasteiger partial charge in [-0.2, -0.15) is 0 Å². The van der Waals surface area contributed by atoms with Crippen LogP contribution in [0.25, 0.3) is 0 Å². The number of nitrogens with one attached hydrogen (secondary N) is 2. The lowest BCUT2D eigenvalue weighted by atomic mass is 10.1. The predicted octanol–water partition coefficient (Wildman–Crippen LogP) is 4.79. The second kappa shape index (κ2) is 7.89. The summed E-state index contributed by atoms with van der Waals surface area (Å²) in [5.41, 5.74) is 2.80. The molecule has 0 atom stereocenters. The van der Waals surface area contributed by atoms with Crippen LogP contribution >= 0.6 is 11.6 Å². The lowest BCUT2D eigenvalue weighted by Gasteiger charge is -2.17. The third-order valence-corrected chi connectivity index (χ3v) is 4.86. The number of hydrogen-bond donors (Lipinski definition) is 2. The number of halogens is 1. The second-order valence-electron chi connectivity index (χ2n) is 6.45. The number of carbonyl (C=O) groups is 2. The van der Waals surface area contributed by atoms with Gasteiger partial charge in [0, 0.05) is 22.9 Å². The van der Waals surface area contributed by atoms with Gasteiger partial charge in [0.15, 0.2) is 5.76 Å². The molecule has 0 unspecified atom stereocenters. The van der Waals surface area contributed by atoms with E-state index in [9.17, 15) is 9.59 Å². The van der Waals surface area contributed by atoms with Crippen molar-refractivity contribution in [1.29, 1.82) is 0 Å². The van der Waals surface area contributed by atoms with E-state index in [0.29, 0.717) is 28.7 Å². The number of furan rings is 1. The third-order valence-electron chi connectivity index (χ3n) is 4.63. The summed E-state index contributed by atoms with van der Waals surface area (Å²) < 4.78 is 10.5. The fourth-order valence-corrected chi connectivity index (χ4v) is 3.44. The summed E-state index contributed by atoms with van der Waals surface area (Å²) in [7, 11) is 1.51. The van der Waals surface area contributed by atoms with Crippen LogP contribution < -0.4 is 20.3 Å². The maximum atomic E-state index is 12.7. The van der Waals surface area contributed by atoms with Gasteiger partial charge in [-0.15, -0.1) is 0 Å². The van der Waals surface area contributed by atoms with Gasteiger partial charge in [-0.3, -0.25) is 4.79 Å². The SMILES string of the molecule is COc1ccc(Cl)cc1NC(=O)Nc1ccc2c(c1)N(C(=O)c1ccco1)CC2. The average Bonchev–Trinajstić information content (AvgIpc) is 3.37. The lowest BCUT2D eigenvalue weighted by Crippen LogP contribution is -2.28. The standard InChI is InChI=1S/C21H18ClN3O4/c1-28-18-7-5-14(22)11-16(18)24-21(27)23-15-6-4-13-8-9-25(17(13)12-15)20(26)19-3-2-10-29-19/h2-7,10-12H,8-9H2,1H3,(H2,23,24,27). The van der Waals surface area contributed by atoms with Crippen LogP contribution in [0.15, 0.2) is 59.2 Å². The molecule has 0 radical (unpaired) electrons. The van der Waals surface area contributed by atoms with E-state index in [1.165, 1.54) is 13.4 Å². The molecule has 0 spiro atoms. The molecule has 2 heterocycles. The molecule has 0 saturated carbocycles. The highest BCUT2D eigenvalue weighted by Crippen LogP contribution is 2.32. The van der Waals surface area contributed by atoms with E-state index < -0.39 is 6.03 Å². The quantitative estimate of drug-likeness (QED) is 0.646. The van der Waals surface area contributed by atoms with Gasteiger partial charge in [0.1, 0.15) is 5.75 Å². The molecule has 0 bridgehead atoms. The molecule has 1 aliphatic rings. The number of ether oxygens (including phenoxy) is 1. The summed E-state index contributed by atoms with van der Waals surface area (Å²) >= 11 is 6.00. The molecule has 1 aromatic heterocycles. The Hall–Kier alpha value is -3.45. The maximum absolute atomic E-state index is 12.7. The minimum absolute atomic E-state index is 0.209. The van der Waals surface area contributed by atoms with Crippen molar-refractivity contribution in [2.45, 2.75) is 6.42 Å². The molecular formula is C21H18ClN3O4. The Morgan fingerprint density at radius 1 is 1.14 bits per heavy atom. The fourth-order valence-electron chi connectivity index (χ4n) is 3.26. The van der Waals surface area contributed by atoms with Gasteiger partial charge >= 0.3 is 6.03 Å². The molecule has 3 amide bonds. The van der Waals surface area contributed by atoms with Crippen molar-refractivity contribution in [3.05, 3.63) is 71.1 Å². The van der Waals surface area contributed by atoms with Gasteiger partial charge in [0.25, 0.3) is 5.91 Å². The van der Waals surface area contributed by atoms with Gasteiger partial charge < -0.3 is 24.7 Å². The fraction of sp³-hybridized carbons (Fsp3) is 0.143. The summed E-state index contributed by atoms with van der Waals surface area (Å²) in [4.78, 5) is 26.8. The molecule has 1 aliphatic heterocycles. The Bertz CT molecular complexity index is 1070. The van der Waals surface area contributed by atoms with Crippen molar-refractivity contribution in [2.75, 3.05) is 29.2 Å². The highest BCUT2D eigenvalue weighted by Gasteiger charge is 2.27. The summed E-state index contributed by atoms with van der Waals surface area (Å²) in [6, 6.07) is 13.3. The Kier molecular flexibility index (Phi) is 5.14. The number of urea groups is 1. The van der Waals surface area contributed by atoms with Crippen molar-refractivity contribution in [2.24, 2.45) is 0 Å². The van der Waals surface area contributed by atoms with Crippen LogP contribution in [-0.2, 0) is 6.42 Å². The van der Waals surface area contributed by atoms with E-state index in [2.05, 4.69) is 10.6 Å². The zero-order valence-corrected chi connectivity index (χ0v) is 16.3. The summed E-state index contributed by atoms with van der Waals surface area (Å²) in [5, 5.41) is 5.97. The van der Waals surface area contributed by atoms with Crippen LogP contribution in [0, 0.1) is 0 Å². The Morgan fingerprint density at radius 3 is 2.76 bits per heavy atom. The second-order valence-corrected chi connectivity index (χ2v) is 6.89. The van der Waals surface area contributed by atoms with Gasteiger partial charge in [-0.1, -0.05) is 17.7 Å². The van der Waals surface area contributed by atoms with Crippen molar-refractivity contribution < 1.29 is 18.7 Å². The Morgan fingerprint density at radius 2 is 2.00 bits per heavy atom. The first-order valence-corrected chi connectivity index (χ1v) is 9.33. The van der Waals surface area contributed by atoms with Crippen molar-refractivity contribution in [3.8, 4) is 5.75 Å². The monoisotopic (exact) mass is 411 g/mol. The molecule has 2 N–H and O–H groups in total. The van der Waals surface area contributed by atoms with Crippen molar-refractivity contribution in [1.82, 2.24) is 0 Å². The molecule has 8 heteroatoms. The van der Waals surface area contributed by atoms with E-state index >= 15 is 0 Å². The summed E-state index contributed by atoms with van der Waals surface area (Å²) in [6.07, 6.45) is 2.21. The first-order valence-electron chi connectivity index (χ1n) is 8.95. The predicted molar refractivity (Wildman–Crippen MR) is 111 cm³/mol. The third kappa shape index (κ3) is 3.90. The van der Waals surface area contributed by atoms with Gasteiger partial charge in [-0.25, -0.2) is 4.79 Å². The van der Waals surface area contributed by atoms with E-state index in [0.717, 1.165) is 17.7 Å². The van der Waals surface area contributed by atoms with Gasteiger partial charge in [0.2, 0.25) is 0 Å². The number of anilines is 3. The van der Waals surface area contributed by atoms with E-state index in [1.54, 1.807) is 47.4 Å². The number of amides is 3. The normalized spacial score (nSPS) is 12.4. The number of methoxy groups -OCH3 is 1. The van der Waals surface area contributed by atoms with Crippen LogP contribution in [-0.4, -0.2) is 25.6 Å². The molecule has 2 aromatic carbocycles. The number of hydrogen-bond acceptors (Lipinski definition) is 4. The molecule has 0 saturated heterocycles. The molecule has 3 aromatic rings. The Balaban J connectivity index is 1.51. The molecule has 7 nitrogen and oxygen atoms in total. The van der Waals surface area contributed by atoms with E-state index in [-0.39, 0.29) is 11.7 Å². The highest BCUT2D eigenvalue weighted by atomic mass is 35.5. The first kappa shape index (κ1) is 18.9. The van der Waals surface area contributed by atoms with Gasteiger partial charge in [-0.05, 0) is 54.4 Å². The number of benzene rings is 2. The zero-order valence-electron chi connectivity index (χ0n) is 15.6. The number of fused-ring (bicyclic) bond motifs is 1. The van der Waals surface area contributed by atoms with E-state index in [1.807, 2.05) is 6.07 Å². The van der Waals surface area contributed by atoms with Gasteiger partial charge in [0.05, 0.1) is 19.1 Å². The minimum atomic E-state index is -0.451. The van der Waals surface area contributed by atoms with Crippen LogP contribution in [0.2, 0.25) is 5.02 Å². The van der Waals surface area contributed by atoms with Crippen LogP contribution in [0.4, 0.5) is 21.9 Å². The van der Waals surface area contributed by atoms with Crippen LogP contribution in [0.3, 0.4) is 0 Å². The molecule has 0 fully saturated rings. The van der Waals surface area contributed by atoms with Crippen LogP contribution in [0.1, 0.15) is 16.1 Å². The van der Waals surface area contributed by atoms with Crippen molar-refractivity contribution in [3.63, 3.8) is 0 Å².